The predicted octanol–water partition coefficient (Wildman–Crippen LogP) is 1.03. The van der Waals surface area contributed by atoms with Gasteiger partial charge in [0, 0.05) is 18.3 Å². The molecule has 0 spiro atoms. The van der Waals surface area contributed by atoms with Gasteiger partial charge in [-0.1, -0.05) is 13.0 Å². The molecule has 0 bridgehead atoms. The monoisotopic (exact) mass is 152 g/mol. The van der Waals surface area contributed by atoms with Crippen molar-refractivity contribution in [1.82, 2.24) is 10.6 Å². The van der Waals surface area contributed by atoms with Crippen LogP contribution in [0.4, 0.5) is 0 Å². The van der Waals surface area contributed by atoms with Crippen LogP contribution in [0.1, 0.15) is 13.8 Å². The van der Waals surface area contributed by atoms with Gasteiger partial charge < -0.3 is 10.6 Å². The minimum atomic E-state index is 0.439. The molecule has 0 fully saturated rings. The van der Waals surface area contributed by atoms with Gasteiger partial charge in [0.25, 0.3) is 0 Å². The molecule has 0 amide bonds. The highest BCUT2D eigenvalue weighted by Gasteiger charge is 2.05. The summed E-state index contributed by atoms with van der Waals surface area (Å²) in [6.07, 6.45) is 6.49. The second kappa shape index (κ2) is 4.19. The maximum absolute atomic E-state index is 3.33. The van der Waals surface area contributed by atoms with Gasteiger partial charge in [-0.3, -0.25) is 0 Å². The van der Waals surface area contributed by atoms with Gasteiger partial charge in [-0.25, -0.2) is 0 Å². The van der Waals surface area contributed by atoms with E-state index in [0.717, 1.165) is 13.1 Å². The van der Waals surface area contributed by atoms with Crippen LogP contribution in [0.25, 0.3) is 0 Å². The van der Waals surface area contributed by atoms with E-state index in [1.165, 1.54) is 5.70 Å². The van der Waals surface area contributed by atoms with Crippen molar-refractivity contribution in [3.8, 4) is 0 Å². The quantitative estimate of drug-likeness (QED) is 0.628. The third kappa shape index (κ3) is 2.39. The smallest absolute Gasteiger partial charge is 0.0462 e. The minimum Gasteiger partial charge on any atom is -0.386 e. The first-order chi connectivity index (χ1) is 5.36. The van der Waals surface area contributed by atoms with Crippen molar-refractivity contribution in [3.63, 3.8) is 0 Å². The van der Waals surface area contributed by atoms with E-state index in [1.54, 1.807) is 0 Å². The summed E-state index contributed by atoms with van der Waals surface area (Å²) in [7, 11) is 0. The van der Waals surface area contributed by atoms with Crippen LogP contribution in [-0.2, 0) is 0 Å². The van der Waals surface area contributed by atoms with Crippen molar-refractivity contribution in [2.45, 2.75) is 19.9 Å². The Morgan fingerprint density at radius 1 is 1.36 bits per heavy atom. The van der Waals surface area contributed by atoms with Crippen LogP contribution >= 0.6 is 0 Å². The average molecular weight is 152 g/mol. The van der Waals surface area contributed by atoms with Gasteiger partial charge in [-0.05, 0) is 25.6 Å². The van der Waals surface area contributed by atoms with Crippen LogP contribution in [-0.4, -0.2) is 19.1 Å². The Hall–Kier alpha value is -0.760. The summed E-state index contributed by atoms with van der Waals surface area (Å²) < 4.78 is 0. The van der Waals surface area contributed by atoms with E-state index in [1.807, 2.05) is 0 Å². The lowest BCUT2D eigenvalue weighted by molar-refractivity contribution is 0.709. The van der Waals surface area contributed by atoms with Crippen LogP contribution in [0.2, 0.25) is 0 Å². The number of nitrogens with one attached hydrogen (secondary N) is 2. The van der Waals surface area contributed by atoms with Crippen LogP contribution in [0.15, 0.2) is 23.9 Å². The second-order valence-electron chi connectivity index (χ2n) is 2.59. The summed E-state index contributed by atoms with van der Waals surface area (Å²) in [4.78, 5) is 0. The fourth-order valence-corrected chi connectivity index (χ4v) is 1.20. The number of hydrogen-bond donors (Lipinski definition) is 2. The molecule has 0 saturated heterocycles. The van der Waals surface area contributed by atoms with E-state index in [2.05, 4.69) is 42.7 Å². The molecule has 1 unspecified atom stereocenters. The Bertz CT molecular complexity index is 170. The molecule has 2 N–H and O–H groups in total. The van der Waals surface area contributed by atoms with Crippen molar-refractivity contribution >= 4 is 0 Å². The fraction of sp³-hybridized carbons (Fsp3) is 0.556. The first-order valence-electron chi connectivity index (χ1n) is 4.24. The standard InChI is InChI=1S/C9H16N2/c1-3-10-8-5-6-9(7-8)11-4-2/h5-8,10-11H,3-4H2,1-2H3. The van der Waals surface area contributed by atoms with Crippen LogP contribution < -0.4 is 10.6 Å². The maximum Gasteiger partial charge on any atom is 0.0462 e. The van der Waals surface area contributed by atoms with E-state index >= 15 is 0 Å². The summed E-state index contributed by atoms with van der Waals surface area (Å²) in [5.74, 6) is 0. The molecule has 0 aliphatic heterocycles. The van der Waals surface area contributed by atoms with Gasteiger partial charge in [0.15, 0.2) is 0 Å². The summed E-state index contributed by atoms with van der Waals surface area (Å²) >= 11 is 0. The Morgan fingerprint density at radius 3 is 2.82 bits per heavy atom. The van der Waals surface area contributed by atoms with Gasteiger partial charge in [0.2, 0.25) is 0 Å². The van der Waals surface area contributed by atoms with Crippen molar-refractivity contribution in [1.29, 1.82) is 0 Å². The Morgan fingerprint density at radius 2 is 2.18 bits per heavy atom. The van der Waals surface area contributed by atoms with Gasteiger partial charge in [-0.15, -0.1) is 0 Å². The molecule has 1 atom stereocenters. The summed E-state index contributed by atoms with van der Waals surface area (Å²) in [6.45, 7) is 6.24. The van der Waals surface area contributed by atoms with E-state index in [4.69, 9.17) is 0 Å². The number of rotatable bonds is 4. The van der Waals surface area contributed by atoms with Gasteiger partial charge >= 0.3 is 0 Å². The molecule has 1 aliphatic carbocycles. The van der Waals surface area contributed by atoms with E-state index < -0.39 is 0 Å². The van der Waals surface area contributed by atoms with Crippen molar-refractivity contribution < 1.29 is 0 Å². The van der Waals surface area contributed by atoms with Crippen molar-refractivity contribution in [2.75, 3.05) is 13.1 Å². The molecule has 1 rings (SSSR count). The summed E-state index contributed by atoms with van der Waals surface area (Å²) in [5, 5.41) is 6.60. The Balaban J connectivity index is 2.36. The van der Waals surface area contributed by atoms with Gasteiger partial charge in [-0.2, -0.15) is 0 Å². The average Bonchev–Trinajstić information content (AvgIpc) is 2.38. The lowest BCUT2D eigenvalue weighted by Gasteiger charge is -2.04. The Kier molecular flexibility index (Phi) is 3.17. The van der Waals surface area contributed by atoms with Crippen molar-refractivity contribution in [3.05, 3.63) is 23.9 Å². The molecular formula is C9H16N2. The number of likely N-dealkylation sites (N-methyl/N-ethyl adjacent to an activating group) is 2. The molecule has 0 aromatic carbocycles. The third-order valence-electron chi connectivity index (χ3n) is 1.66. The van der Waals surface area contributed by atoms with E-state index in [9.17, 15) is 0 Å². The molecule has 62 valence electrons. The van der Waals surface area contributed by atoms with Crippen LogP contribution in [0, 0.1) is 0 Å². The van der Waals surface area contributed by atoms with Gasteiger partial charge in [0.1, 0.15) is 0 Å². The van der Waals surface area contributed by atoms with Crippen LogP contribution in [0.3, 0.4) is 0 Å². The highest BCUT2D eigenvalue weighted by molar-refractivity contribution is 5.30. The zero-order chi connectivity index (χ0) is 8.10. The number of allylic oxidation sites excluding steroid dienone is 1. The second-order valence-corrected chi connectivity index (χ2v) is 2.59. The minimum absolute atomic E-state index is 0.439. The maximum atomic E-state index is 3.33. The molecule has 2 nitrogen and oxygen atoms in total. The molecule has 0 saturated carbocycles. The first kappa shape index (κ1) is 8.34. The fourth-order valence-electron chi connectivity index (χ4n) is 1.20. The Labute approximate surface area is 68.4 Å². The molecule has 0 heterocycles. The molecule has 0 aromatic heterocycles. The molecule has 1 aliphatic rings. The predicted molar refractivity (Wildman–Crippen MR) is 48.4 cm³/mol. The van der Waals surface area contributed by atoms with E-state index in [0.29, 0.717) is 6.04 Å². The molecule has 2 heteroatoms. The molecule has 0 aromatic rings. The third-order valence-corrected chi connectivity index (χ3v) is 1.66. The normalized spacial score (nSPS) is 22.0. The van der Waals surface area contributed by atoms with E-state index in [-0.39, 0.29) is 0 Å². The summed E-state index contributed by atoms with van der Waals surface area (Å²) in [5.41, 5.74) is 1.23. The summed E-state index contributed by atoms with van der Waals surface area (Å²) in [6, 6.07) is 0.439. The SMILES string of the molecule is CCNC1=CC(NCC)C=C1. The highest BCUT2D eigenvalue weighted by atomic mass is 14.9. The zero-order valence-corrected chi connectivity index (χ0v) is 7.22. The largest absolute Gasteiger partial charge is 0.386 e. The first-order valence-corrected chi connectivity index (χ1v) is 4.24. The molecular weight excluding hydrogens is 136 g/mol. The van der Waals surface area contributed by atoms with Crippen LogP contribution in [0.5, 0.6) is 0 Å². The highest BCUT2D eigenvalue weighted by Crippen LogP contribution is 2.05. The lowest BCUT2D eigenvalue weighted by Crippen LogP contribution is -2.23. The topological polar surface area (TPSA) is 24.1 Å². The molecule has 11 heavy (non-hydrogen) atoms. The lowest BCUT2D eigenvalue weighted by atomic mass is 10.3. The van der Waals surface area contributed by atoms with Gasteiger partial charge in [0.05, 0.1) is 0 Å². The van der Waals surface area contributed by atoms with Crippen molar-refractivity contribution in [2.24, 2.45) is 0 Å². The zero-order valence-electron chi connectivity index (χ0n) is 7.22. The number of hydrogen-bond acceptors (Lipinski definition) is 2. The molecule has 0 radical (unpaired) electrons.